The Labute approximate surface area is 135 Å². The van der Waals surface area contributed by atoms with Crippen LogP contribution in [0.2, 0.25) is 15.1 Å². The van der Waals surface area contributed by atoms with Crippen molar-refractivity contribution in [1.29, 1.82) is 0 Å². The van der Waals surface area contributed by atoms with E-state index in [9.17, 15) is 9.18 Å². The highest BCUT2D eigenvalue weighted by molar-refractivity contribution is 6.44. The molecule has 2 rings (SSSR count). The summed E-state index contributed by atoms with van der Waals surface area (Å²) in [5, 5.41) is 0.507. The molecule has 0 saturated heterocycles. The quantitative estimate of drug-likeness (QED) is 0.644. The van der Waals surface area contributed by atoms with E-state index in [1.165, 1.54) is 30.3 Å². The van der Waals surface area contributed by atoms with Crippen LogP contribution >= 0.6 is 34.8 Å². The number of anilines is 1. The molecule has 110 valence electrons. The molecule has 0 aliphatic rings. The minimum Gasteiger partial charge on any atom is -0.457 e. The standard InChI is InChI=1S/C14H9Cl3FNO2/c15-8-1-2-12(18)7(3-8)6-21-14(20)10-4-9(19)5-11(16)13(10)17/h1-5H,6,19H2. The highest BCUT2D eigenvalue weighted by atomic mass is 35.5. The third kappa shape index (κ3) is 3.79. The number of benzene rings is 2. The summed E-state index contributed by atoms with van der Waals surface area (Å²) in [4.78, 5) is 12.0. The van der Waals surface area contributed by atoms with Gasteiger partial charge in [-0.05, 0) is 30.3 Å². The number of carbonyl (C=O) groups is 1. The van der Waals surface area contributed by atoms with Crippen molar-refractivity contribution in [2.45, 2.75) is 6.61 Å². The predicted octanol–water partition coefficient (Wildman–Crippen LogP) is 4.73. The van der Waals surface area contributed by atoms with E-state index in [0.717, 1.165) is 0 Å². The number of hydrogen-bond donors (Lipinski definition) is 1. The van der Waals surface area contributed by atoms with Crippen LogP contribution in [0, 0.1) is 5.82 Å². The Kier molecular flexibility index (Phi) is 4.93. The minimum absolute atomic E-state index is 0.0177. The van der Waals surface area contributed by atoms with Gasteiger partial charge < -0.3 is 10.5 Å². The first-order valence-electron chi connectivity index (χ1n) is 5.74. The van der Waals surface area contributed by atoms with E-state index in [4.69, 9.17) is 45.3 Å². The maximum atomic E-state index is 13.5. The molecule has 21 heavy (non-hydrogen) atoms. The molecule has 0 fully saturated rings. The van der Waals surface area contributed by atoms with Crippen molar-refractivity contribution in [2.24, 2.45) is 0 Å². The highest BCUT2D eigenvalue weighted by Crippen LogP contribution is 2.29. The Hall–Kier alpha value is -1.49. The SMILES string of the molecule is Nc1cc(Cl)c(Cl)c(C(=O)OCc2cc(Cl)ccc2F)c1. The molecule has 0 atom stereocenters. The molecule has 2 aromatic rings. The van der Waals surface area contributed by atoms with E-state index < -0.39 is 11.8 Å². The van der Waals surface area contributed by atoms with Gasteiger partial charge in [-0.3, -0.25) is 0 Å². The second kappa shape index (κ2) is 6.52. The molecular formula is C14H9Cl3FNO2. The van der Waals surface area contributed by atoms with Crippen molar-refractivity contribution in [3.63, 3.8) is 0 Å². The van der Waals surface area contributed by atoms with E-state index in [1.54, 1.807) is 0 Å². The summed E-state index contributed by atoms with van der Waals surface area (Å²) in [6.45, 7) is -0.284. The predicted molar refractivity (Wildman–Crippen MR) is 81.4 cm³/mol. The molecule has 2 N–H and O–H groups in total. The Bertz CT molecular complexity index is 707. The smallest absolute Gasteiger partial charge is 0.340 e. The maximum absolute atomic E-state index is 13.5. The van der Waals surface area contributed by atoms with Crippen molar-refractivity contribution in [1.82, 2.24) is 0 Å². The average molecular weight is 349 g/mol. The second-order valence-electron chi connectivity index (χ2n) is 4.18. The Balaban J connectivity index is 2.17. The van der Waals surface area contributed by atoms with Gasteiger partial charge in [0.05, 0.1) is 15.6 Å². The first kappa shape index (κ1) is 15.9. The lowest BCUT2D eigenvalue weighted by Gasteiger charge is -2.09. The Morgan fingerprint density at radius 2 is 1.90 bits per heavy atom. The van der Waals surface area contributed by atoms with Gasteiger partial charge in [-0.1, -0.05) is 34.8 Å². The van der Waals surface area contributed by atoms with Gasteiger partial charge in [0.25, 0.3) is 0 Å². The normalized spacial score (nSPS) is 10.5. The second-order valence-corrected chi connectivity index (χ2v) is 5.40. The average Bonchev–Trinajstić information content (AvgIpc) is 2.43. The van der Waals surface area contributed by atoms with Gasteiger partial charge in [0.1, 0.15) is 12.4 Å². The number of hydrogen-bond acceptors (Lipinski definition) is 3. The van der Waals surface area contributed by atoms with Gasteiger partial charge in [-0.15, -0.1) is 0 Å². The van der Waals surface area contributed by atoms with Gasteiger partial charge in [-0.25, -0.2) is 9.18 Å². The fourth-order valence-corrected chi connectivity index (χ4v) is 2.24. The molecule has 0 bridgehead atoms. The van der Waals surface area contributed by atoms with Gasteiger partial charge in [0.15, 0.2) is 0 Å². The van der Waals surface area contributed by atoms with Crippen molar-refractivity contribution in [2.75, 3.05) is 5.73 Å². The molecule has 0 heterocycles. The van der Waals surface area contributed by atoms with Crippen LogP contribution in [0.25, 0.3) is 0 Å². The molecule has 2 aromatic carbocycles. The molecule has 0 unspecified atom stereocenters. The maximum Gasteiger partial charge on any atom is 0.340 e. The zero-order valence-corrected chi connectivity index (χ0v) is 12.8. The number of rotatable bonds is 3. The van der Waals surface area contributed by atoms with Gasteiger partial charge in [-0.2, -0.15) is 0 Å². The van der Waals surface area contributed by atoms with E-state index in [2.05, 4.69) is 0 Å². The number of ether oxygens (including phenoxy) is 1. The molecule has 0 radical (unpaired) electrons. The topological polar surface area (TPSA) is 52.3 Å². The summed E-state index contributed by atoms with van der Waals surface area (Å²) in [5.41, 5.74) is 6.03. The highest BCUT2D eigenvalue weighted by Gasteiger charge is 2.16. The summed E-state index contributed by atoms with van der Waals surface area (Å²) in [6.07, 6.45) is 0. The summed E-state index contributed by atoms with van der Waals surface area (Å²) in [7, 11) is 0. The lowest BCUT2D eigenvalue weighted by Crippen LogP contribution is -2.08. The van der Waals surface area contributed by atoms with Gasteiger partial charge in [0, 0.05) is 16.3 Å². The zero-order valence-electron chi connectivity index (χ0n) is 10.5. The molecule has 0 aliphatic carbocycles. The molecule has 0 aliphatic heterocycles. The van der Waals surface area contributed by atoms with Crippen LogP contribution in [0.3, 0.4) is 0 Å². The molecule has 7 heteroatoms. The van der Waals surface area contributed by atoms with Crippen LogP contribution in [-0.4, -0.2) is 5.97 Å². The van der Waals surface area contributed by atoms with Crippen LogP contribution in [0.15, 0.2) is 30.3 Å². The Morgan fingerprint density at radius 3 is 2.62 bits per heavy atom. The van der Waals surface area contributed by atoms with Crippen molar-refractivity contribution in [3.05, 3.63) is 62.3 Å². The Morgan fingerprint density at radius 1 is 1.19 bits per heavy atom. The van der Waals surface area contributed by atoms with Crippen LogP contribution in [-0.2, 0) is 11.3 Å². The molecular weight excluding hydrogens is 340 g/mol. The van der Waals surface area contributed by atoms with Crippen molar-refractivity contribution in [3.8, 4) is 0 Å². The fraction of sp³-hybridized carbons (Fsp3) is 0.0714. The molecule has 3 nitrogen and oxygen atoms in total. The van der Waals surface area contributed by atoms with Crippen molar-refractivity contribution < 1.29 is 13.9 Å². The lowest BCUT2D eigenvalue weighted by molar-refractivity contribution is 0.0469. The van der Waals surface area contributed by atoms with E-state index in [-0.39, 0.29) is 33.5 Å². The third-order valence-electron chi connectivity index (χ3n) is 2.64. The lowest BCUT2D eigenvalue weighted by atomic mass is 10.2. The van der Waals surface area contributed by atoms with Crippen LogP contribution < -0.4 is 5.73 Å². The number of nitrogens with two attached hydrogens (primary N) is 1. The van der Waals surface area contributed by atoms with Crippen LogP contribution in [0.5, 0.6) is 0 Å². The van der Waals surface area contributed by atoms with E-state index in [1.807, 2.05) is 0 Å². The minimum atomic E-state index is -0.756. The largest absolute Gasteiger partial charge is 0.457 e. The van der Waals surface area contributed by atoms with E-state index >= 15 is 0 Å². The molecule has 0 spiro atoms. The van der Waals surface area contributed by atoms with Crippen LogP contribution in [0.4, 0.5) is 10.1 Å². The zero-order chi connectivity index (χ0) is 15.6. The summed E-state index contributed by atoms with van der Waals surface area (Å²) < 4.78 is 18.5. The number of carbonyl (C=O) groups excluding carboxylic acids is 1. The summed E-state index contributed by atoms with van der Waals surface area (Å²) in [6, 6.07) is 6.72. The number of halogens is 4. The molecule has 0 saturated carbocycles. The number of esters is 1. The monoisotopic (exact) mass is 347 g/mol. The fourth-order valence-electron chi connectivity index (χ4n) is 1.63. The third-order valence-corrected chi connectivity index (χ3v) is 3.67. The first-order valence-corrected chi connectivity index (χ1v) is 6.87. The van der Waals surface area contributed by atoms with E-state index in [0.29, 0.717) is 5.02 Å². The number of nitrogen functional groups attached to an aromatic ring is 1. The van der Waals surface area contributed by atoms with Crippen LogP contribution in [0.1, 0.15) is 15.9 Å². The summed E-state index contributed by atoms with van der Waals surface area (Å²) >= 11 is 17.5. The molecule has 0 amide bonds. The van der Waals surface area contributed by atoms with Gasteiger partial charge in [0.2, 0.25) is 0 Å². The first-order chi connectivity index (χ1) is 9.88. The van der Waals surface area contributed by atoms with Crippen molar-refractivity contribution >= 4 is 46.5 Å². The van der Waals surface area contributed by atoms with Gasteiger partial charge >= 0.3 is 5.97 Å². The summed E-state index contributed by atoms with van der Waals surface area (Å²) in [5.74, 6) is -1.28. The molecule has 0 aromatic heterocycles.